The Labute approximate surface area is 182 Å². The van der Waals surface area contributed by atoms with E-state index in [2.05, 4.69) is 25.3 Å². The molecule has 0 unspecified atom stereocenters. The molecular formula is C22H21F3N4O3. The molecule has 1 aromatic heterocycles. The van der Waals surface area contributed by atoms with Crippen molar-refractivity contribution < 1.29 is 27.4 Å². The second-order valence-electron chi connectivity index (χ2n) is 6.99. The molecule has 2 aromatic carbocycles. The summed E-state index contributed by atoms with van der Waals surface area (Å²) in [4.78, 5) is 20.9. The Kier molecular flexibility index (Phi) is 6.82. The van der Waals surface area contributed by atoms with E-state index >= 15 is 0 Å². The number of rotatable bonds is 7. The van der Waals surface area contributed by atoms with Gasteiger partial charge in [0.05, 0.1) is 0 Å². The fourth-order valence-corrected chi connectivity index (χ4v) is 2.71. The van der Waals surface area contributed by atoms with Crippen molar-refractivity contribution in [1.82, 2.24) is 15.3 Å². The SMILES string of the molecule is CNC(=O)c1cc(NC(C)C)nc(-c2ccc(Oc3ccc(OC(F)(F)F)cc3)cc2)n1. The second-order valence-corrected chi connectivity index (χ2v) is 6.99. The van der Waals surface area contributed by atoms with Gasteiger partial charge < -0.3 is 20.1 Å². The lowest BCUT2D eigenvalue weighted by Gasteiger charge is -2.12. The van der Waals surface area contributed by atoms with Crippen LogP contribution in [0.2, 0.25) is 0 Å². The summed E-state index contributed by atoms with van der Waals surface area (Å²) in [6.07, 6.45) is -4.75. The Morgan fingerprint density at radius 1 is 0.938 bits per heavy atom. The van der Waals surface area contributed by atoms with Gasteiger partial charge in [0.25, 0.3) is 5.91 Å². The Morgan fingerprint density at radius 3 is 2.03 bits per heavy atom. The molecule has 0 saturated heterocycles. The Bertz CT molecular complexity index is 1070. The van der Waals surface area contributed by atoms with Crippen LogP contribution >= 0.6 is 0 Å². The highest BCUT2D eigenvalue weighted by Gasteiger charge is 2.31. The maximum absolute atomic E-state index is 12.3. The molecule has 10 heteroatoms. The molecule has 0 spiro atoms. The van der Waals surface area contributed by atoms with Crippen molar-refractivity contribution >= 4 is 11.7 Å². The fourth-order valence-electron chi connectivity index (χ4n) is 2.71. The molecule has 0 radical (unpaired) electrons. The summed E-state index contributed by atoms with van der Waals surface area (Å²) in [5.74, 6) is 1.01. The van der Waals surface area contributed by atoms with Crippen LogP contribution in [-0.4, -0.2) is 35.3 Å². The van der Waals surface area contributed by atoms with Crippen LogP contribution in [0.5, 0.6) is 17.2 Å². The molecule has 3 rings (SSSR count). The summed E-state index contributed by atoms with van der Waals surface area (Å²) in [7, 11) is 1.52. The average molecular weight is 446 g/mol. The van der Waals surface area contributed by atoms with E-state index in [1.165, 1.54) is 31.3 Å². The fraction of sp³-hybridized carbons (Fsp3) is 0.227. The normalized spacial score (nSPS) is 11.2. The number of hydrogen-bond donors (Lipinski definition) is 2. The first-order valence-electron chi connectivity index (χ1n) is 9.65. The van der Waals surface area contributed by atoms with E-state index in [4.69, 9.17) is 4.74 Å². The molecule has 0 atom stereocenters. The van der Waals surface area contributed by atoms with E-state index < -0.39 is 6.36 Å². The largest absolute Gasteiger partial charge is 0.573 e. The van der Waals surface area contributed by atoms with Crippen molar-refractivity contribution in [3.8, 4) is 28.6 Å². The van der Waals surface area contributed by atoms with E-state index in [1.54, 1.807) is 30.3 Å². The minimum Gasteiger partial charge on any atom is -0.457 e. The van der Waals surface area contributed by atoms with Crippen molar-refractivity contribution in [2.45, 2.75) is 26.3 Å². The van der Waals surface area contributed by atoms with Crippen LogP contribution in [0.3, 0.4) is 0 Å². The molecule has 7 nitrogen and oxygen atoms in total. The van der Waals surface area contributed by atoms with Crippen LogP contribution in [0.15, 0.2) is 54.6 Å². The first-order valence-corrected chi connectivity index (χ1v) is 9.65. The van der Waals surface area contributed by atoms with E-state index in [0.717, 1.165) is 0 Å². The van der Waals surface area contributed by atoms with Crippen LogP contribution in [0.25, 0.3) is 11.4 Å². The van der Waals surface area contributed by atoms with Crippen LogP contribution in [0.4, 0.5) is 19.0 Å². The van der Waals surface area contributed by atoms with Crippen LogP contribution in [-0.2, 0) is 0 Å². The Hall–Kier alpha value is -3.82. The molecule has 168 valence electrons. The number of aromatic nitrogens is 2. The van der Waals surface area contributed by atoms with Crippen molar-refractivity contribution in [1.29, 1.82) is 0 Å². The standard InChI is InChI=1S/C22H21F3N4O3/c1-13(2)27-19-12-18(21(30)26-3)28-20(29-19)14-4-6-15(7-5-14)31-16-8-10-17(11-9-16)32-22(23,24)25/h4-13H,1-3H3,(H,26,30)(H,27,28,29). The lowest BCUT2D eigenvalue weighted by molar-refractivity contribution is -0.274. The van der Waals surface area contributed by atoms with Crippen LogP contribution in [0.1, 0.15) is 24.3 Å². The predicted octanol–water partition coefficient (Wildman–Crippen LogP) is 5.01. The van der Waals surface area contributed by atoms with Gasteiger partial charge in [0, 0.05) is 24.7 Å². The maximum atomic E-state index is 12.3. The number of halogens is 3. The Morgan fingerprint density at radius 2 is 1.50 bits per heavy atom. The van der Waals surface area contributed by atoms with Gasteiger partial charge in [-0.2, -0.15) is 0 Å². The quantitative estimate of drug-likeness (QED) is 0.531. The van der Waals surface area contributed by atoms with Crippen molar-refractivity contribution in [3.63, 3.8) is 0 Å². The highest BCUT2D eigenvalue weighted by atomic mass is 19.4. The number of alkyl halides is 3. The lowest BCUT2D eigenvalue weighted by Crippen LogP contribution is -2.21. The molecular weight excluding hydrogens is 425 g/mol. The summed E-state index contributed by atoms with van der Waals surface area (Å²) >= 11 is 0. The van der Waals surface area contributed by atoms with E-state index in [1.807, 2.05) is 13.8 Å². The molecule has 0 bridgehead atoms. The number of ether oxygens (including phenoxy) is 2. The van der Waals surface area contributed by atoms with Gasteiger partial charge in [0.1, 0.15) is 28.8 Å². The molecule has 0 aliphatic rings. The molecule has 0 saturated carbocycles. The summed E-state index contributed by atoms with van der Waals surface area (Å²) in [5.41, 5.74) is 0.881. The average Bonchev–Trinajstić information content (AvgIpc) is 2.73. The van der Waals surface area contributed by atoms with Crippen molar-refractivity contribution in [3.05, 3.63) is 60.3 Å². The number of nitrogens with one attached hydrogen (secondary N) is 2. The van der Waals surface area contributed by atoms with Crippen molar-refractivity contribution in [2.24, 2.45) is 0 Å². The highest BCUT2D eigenvalue weighted by molar-refractivity contribution is 5.93. The van der Waals surface area contributed by atoms with Gasteiger partial charge in [0.2, 0.25) is 0 Å². The van der Waals surface area contributed by atoms with Gasteiger partial charge in [0.15, 0.2) is 5.82 Å². The summed E-state index contributed by atoms with van der Waals surface area (Å²) < 4.78 is 46.3. The minimum atomic E-state index is -4.75. The van der Waals surface area contributed by atoms with Gasteiger partial charge >= 0.3 is 6.36 Å². The number of anilines is 1. The second kappa shape index (κ2) is 9.54. The zero-order valence-corrected chi connectivity index (χ0v) is 17.5. The monoisotopic (exact) mass is 446 g/mol. The number of amides is 1. The lowest BCUT2D eigenvalue weighted by atomic mass is 10.2. The topological polar surface area (TPSA) is 85.4 Å². The zero-order chi connectivity index (χ0) is 23.3. The van der Waals surface area contributed by atoms with Gasteiger partial charge in [-0.05, 0) is 62.4 Å². The zero-order valence-electron chi connectivity index (χ0n) is 17.5. The number of hydrogen-bond acceptors (Lipinski definition) is 6. The van der Waals surface area contributed by atoms with E-state index in [-0.39, 0.29) is 23.4 Å². The molecule has 0 fully saturated rings. The number of carbonyl (C=O) groups is 1. The molecule has 32 heavy (non-hydrogen) atoms. The smallest absolute Gasteiger partial charge is 0.457 e. The molecule has 2 N–H and O–H groups in total. The molecule has 1 heterocycles. The predicted molar refractivity (Wildman–Crippen MR) is 113 cm³/mol. The summed E-state index contributed by atoms with van der Waals surface area (Å²) in [6.45, 7) is 3.91. The van der Waals surface area contributed by atoms with Gasteiger partial charge in [-0.1, -0.05) is 0 Å². The Balaban J connectivity index is 1.78. The highest BCUT2D eigenvalue weighted by Crippen LogP contribution is 2.28. The summed E-state index contributed by atoms with van der Waals surface area (Å²) in [6, 6.07) is 13.5. The molecule has 0 aliphatic heterocycles. The van der Waals surface area contributed by atoms with Gasteiger partial charge in [-0.25, -0.2) is 9.97 Å². The molecule has 0 aliphatic carbocycles. The third-order valence-electron chi connectivity index (χ3n) is 4.03. The first kappa shape index (κ1) is 22.9. The van der Waals surface area contributed by atoms with E-state index in [0.29, 0.717) is 28.7 Å². The van der Waals surface area contributed by atoms with Gasteiger partial charge in [-0.15, -0.1) is 13.2 Å². The number of nitrogens with zero attached hydrogens (tertiary/aromatic N) is 2. The third-order valence-corrected chi connectivity index (χ3v) is 4.03. The van der Waals surface area contributed by atoms with Gasteiger partial charge in [-0.3, -0.25) is 4.79 Å². The summed E-state index contributed by atoms with van der Waals surface area (Å²) in [5, 5.41) is 5.71. The van der Waals surface area contributed by atoms with Crippen molar-refractivity contribution in [2.75, 3.05) is 12.4 Å². The number of carbonyl (C=O) groups excluding carboxylic acids is 1. The first-order chi connectivity index (χ1) is 15.1. The van der Waals surface area contributed by atoms with Crippen LogP contribution < -0.4 is 20.1 Å². The third kappa shape index (κ3) is 6.34. The van der Waals surface area contributed by atoms with Crippen LogP contribution in [0, 0.1) is 0 Å². The van der Waals surface area contributed by atoms with E-state index in [9.17, 15) is 18.0 Å². The molecule has 3 aromatic rings. The molecule has 1 amide bonds. The number of benzene rings is 2. The minimum absolute atomic E-state index is 0.110. The maximum Gasteiger partial charge on any atom is 0.573 e.